The van der Waals surface area contributed by atoms with Crippen molar-refractivity contribution >= 4 is 17.7 Å². The molecule has 6 heteroatoms. The first-order valence-electron chi connectivity index (χ1n) is 10.8. The lowest BCUT2D eigenvalue weighted by Crippen LogP contribution is -2.09. The zero-order valence-corrected chi connectivity index (χ0v) is 18.7. The van der Waals surface area contributed by atoms with Gasteiger partial charge in [-0.3, -0.25) is 9.59 Å². The molecule has 0 heterocycles. The first kappa shape index (κ1) is 24.9. The molecule has 0 saturated carbocycles. The van der Waals surface area contributed by atoms with E-state index in [4.69, 9.17) is 14.2 Å². The molecule has 170 valence electrons. The minimum Gasteiger partial charge on any atom is -0.493 e. The number of unbranched alkanes of at least 4 members (excludes halogenated alkanes) is 2. The lowest BCUT2D eigenvalue weighted by atomic mass is 10.1. The number of carbonyl (C=O) groups excluding carboxylic acids is 3. The van der Waals surface area contributed by atoms with Gasteiger partial charge >= 0.3 is 11.9 Å². The van der Waals surface area contributed by atoms with Crippen molar-refractivity contribution in [3.05, 3.63) is 71.8 Å². The van der Waals surface area contributed by atoms with Crippen LogP contribution in [0.3, 0.4) is 0 Å². The number of methoxy groups -OCH3 is 1. The van der Waals surface area contributed by atoms with Crippen LogP contribution in [0.15, 0.2) is 60.7 Å². The lowest BCUT2D eigenvalue weighted by Gasteiger charge is -2.11. The van der Waals surface area contributed by atoms with Crippen LogP contribution in [-0.2, 0) is 20.7 Å². The highest BCUT2D eigenvalue weighted by molar-refractivity contribution is 5.91. The maximum Gasteiger partial charge on any atom is 0.343 e. The summed E-state index contributed by atoms with van der Waals surface area (Å²) < 4.78 is 15.7. The summed E-state index contributed by atoms with van der Waals surface area (Å²) in [5, 5.41) is 0. The van der Waals surface area contributed by atoms with Crippen molar-refractivity contribution in [2.75, 3.05) is 13.7 Å². The van der Waals surface area contributed by atoms with Gasteiger partial charge in [-0.05, 0) is 68.5 Å². The Balaban J connectivity index is 1.78. The molecule has 2 rings (SSSR count). The van der Waals surface area contributed by atoms with E-state index >= 15 is 0 Å². The predicted molar refractivity (Wildman–Crippen MR) is 122 cm³/mol. The Morgan fingerprint density at radius 1 is 0.938 bits per heavy atom. The number of aryl methyl sites for hydroxylation is 1. The van der Waals surface area contributed by atoms with E-state index in [1.807, 2.05) is 18.2 Å². The molecule has 0 saturated heterocycles. The van der Waals surface area contributed by atoms with Gasteiger partial charge in [0.2, 0.25) is 0 Å². The molecule has 2 aromatic carbocycles. The van der Waals surface area contributed by atoms with Gasteiger partial charge in [0.05, 0.1) is 19.3 Å². The minimum atomic E-state index is -0.459. The van der Waals surface area contributed by atoms with Crippen LogP contribution in [0.4, 0.5) is 0 Å². The summed E-state index contributed by atoms with van der Waals surface area (Å²) in [5.41, 5.74) is 1.37. The summed E-state index contributed by atoms with van der Waals surface area (Å²) in [4.78, 5) is 35.6. The molecule has 0 amide bonds. The number of esters is 2. The van der Waals surface area contributed by atoms with Gasteiger partial charge in [-0.25, -0.2) is 4.79 Å². The Hall–Kier alpha value is -3.41. The van der Waals surface area contributed by atoms with E-state index in [2.05, 4.69) is 0 Å². The van der Waals surface area contributed by atoms with E-state index in [1.54, 1.807) is 49.4 Å². The van der Waals surface area contributed by atoms with E-state index in [1.165, 1.54) is 7.11 Å². The zero-order chi connectivity index (χ0) is 23.2. The number of carbonyl (C=O) groups is 3. The Morgan fingerprint density at radius 3 is 2.44 bits per heavy atom. The molecule has 0 fully saturated rings. The molecule has 6 nitrogen and oxygen atoms in total. The molecule has 0 atom stereocenters. The smallest absolute Gasteiger partial charge is 0.343 e. The maximum absolute atomic E-state index is 12.3. The minimum absolute atomic E-state index is 0.0361. The quantitative estimate of drug-likeness (QED) is 0.187. The highest BCUT2D eigenvalue weighted by atomic mass is 16.6. The van der Waals surface area contributed by atoms with Crippen molar-refractivity contribution < 1.29 is 28.6 Å². The molecular weight excluding hydrogens is 408 g/mol. The number of ether oxygens (including phenoxy) is 3. The first-order chi connectivity index (χ1) is 15.5. The topological polar surface area (TPSA) is 78.9 Å². The third-order valence-electron chi connectivity index (χ3n) is 4.71. The second-order valence-electron chi connectivity index (χ2n) is 7.16. The Morgan fingerprint density at radius 2 is 1.72 bits per heavy atom. The Labute approximate surface area is 189 Å². The fourth-order valence-corrected chi connectivity index (χ4v) is 3.02. The van der Waals surface area contributed by atoms with E-state index < -0.39 is 5.97 Å². The molecule has 32 heavy (non-hydrogen) atoms. The van der Waals surface area contributed by atoms with Crippen molar-refractivity contribution in [3.8, 4) is 11.5 Å². The standard InChI is InChI=1S/C26H30O6/c1-3-31-25(28)14-10-5-4-9-13-22(27)17-15-20-16-18-23(24(19-20)30-2)32-26(29)21-11-7-6-8-12-21/h6-9,11-13,16,18-19H,3-5,10,14-15,17H2,1-2H3. The Kier molecular flexibility index (Phi) is 10.7. The summed E-state index contributed by atoms with van der Waals surface area (Å²) in [7, 11) is 1.51. The molecule has 2 aromatic rings. The van der Waals surface area contributed by atoms with E-state index in [9.17, 15) is 14.4 Å². The number of hydrogen-bond donors (Lipinski definition) is 0. The highest BCUT2D eigenvalue weighted by Crippen LogP contribution is 2.29. The monoisotopic (exact) mass is 438 g/mol. The third-order valence-corrected chi connectivity index (χ3v) is 4.71. The fraction of sp³-hybridized carbons (Fsp3) is 0.346. The van der Waals surface area contributed by atoms with Gasteiger partial charge in [-0.15, -0.1) is 0 Å². The largest absolute Gasteiger partial charge is 0.493 e. The van der Waals surface area contributed by atoms with Crippen molar-refractivity contribution in [1.29, 1.82) is 0 Å². The van der Waals surface area contributed by atoms with Crippen LogP contribution in [-0.4, -0.2) is 31.4 Å². The van der Waals surface area contributed by atoms with Crippen molar-refractivity contribution in [3.63, 3.8) is 0 Å². The molecule has 0 aliphatic heterocycles. The van der Waals surface area contributed by atoms with Crippen LogP contribution in [0, 0.1) is 0 Å². The second-order valence-corrected chi connectivity index (χ2v) is 7.16. The fourth-order valence-electron chi connectivity index (χ4n) is 3.02. The van der Waals surface area contributed by atoms with E-state index in [0.29, 0.717) is 42.9 Å². The lowest BCUT2D eigenvalue weighted by molar-refractivity contribution is -0.143. The number of allylic oxidation sites excluding steroid dienone is 2. The van der Waals surface area contributed by atoms with Crippen LogP contribution < -0.4 is 9.47 Å². The van der Waals surface area contributed by atoms with E-state index in [0.717, 1.165) is 24.8 Å². The normalized spacial score (nSPS) is 10.7. The average Bonchev–Trinajstić information content (AvgIpc) is 2.81. The summed E-state index contributed by atoms with van der Waals surface area (Å²) >= 11 is 0. The van der Waals surface area contributed by atoms with Crippen LogP contribution in [0.2, 0.25) is 0 Å². The predicted octanol–water partition coefficient (Wildman–Crippen LogP) is 5.10. The Bertz CT molecular complexity index is 917. The van der Waals surface area contributed by atoms with Gasteiger partial charge in [0.1, 0.15) is 0 Å². The van der Waals surface area contributed by atoms with Gasteiger partial charge in [0.25, 0.3) is 0 Å². The summed E-state index contributed by atoms with van der Waals surface area (Å²) in [6, 6.07) is 14.0. The zero-order valence-electron chi connectivity index (χ0n) is 18.7. The molecule has 0 bridgehead atoms. The molecule has 0 aliphatic carbocycles. The molecular formula is C26H30O6. The first-order valence-corrected chi connectivity index (χ1v) is 10.8. The second kappa shape index (κ2) is 13.8. The summed E-state index contributed by atoms with van der Waals surface area (Å²) in [5.74, 6) is 0.174. The maximum atomic E-state index is 12.3. The molecule has 0 spiro atoms. The van der Waals surface area contributed by atoms with Crippen LogP contribution in [0.5, 0.6) is 11.5 Å². The van der Waals surface area contributed by atoms with Crippen molar-refractivity contribution in [2.24, 2.45) is 0 Å². The van der Waals surface area contributed by atoms with Gasteiger partial charge in [0.15, 0.2) is 17.3 Å². The number of rotatable bonds is 13. The van der Waals surface area contributed by atoms with Crippen LogP contribution >= 0.6 is 0 Å². The van der Waals surface area contributed by atoms with E-state index in [-0.39, 0.29) is 11.8 Å². The number of benzene rings is 2. The van der Waals surface area contributed by atoms with Gasteiger partial charge in [-0.1, -0.05) is 30.3 Å². The number of ketones is 1. The van der Waals surface area contributed by atoms with Crippen molar-refractivity contribution in [2.45, 2.75) is 45.4 Å². The third kappa shape index (κ3) is 8.76. The molecule has 0 radical (unpaired) electrons. The molecule has 0 aliphatic rings. The van der Waals surface area contributed by atoms with Gasteiger partial charge < -0.3 is 14.2 Å². The SMILES string of the molecule is CCOC(=O)CCCCC=CC(=O)CCc1ccc(OC(=O)c2ccccc2)c(OC)c1. The summed E-state index contributed by atoms with van der Waals surface area (Å²) in [6.45, 7) is 2.19. The highest BCUT2D eigenvalue weighted by Gasteiger charge is 2.13. The average molecular weight is 439 g/mol. The number of hydrogen-bond acceptors (Lipinski definition) is 6. The van der Waals surface area contributed by atoms with Gasteiger partial charge in [0, 0.05) is 12.8 Å². The molecule has 0 aromatic heterocycles. The summed E-state index contributed by atoms with van der Waals surface area (Å²) in [6.07, 6.45) is 7.11. The van der Waals surface area contributed by atoms with Crippen LogP contribution in [0.1, 0.15) is 54.9 Å². The van der Waals surface area contributed by atoms with Crippen LogP contribution in [0.25, 0.3) is 0 Å². The molecule has 0 N–H and O–H groups in total. The van der Waals surface area contributed by atoms with Gasteiger partial charge in [-0.2, -0.15) is 0 Å². The van der Waals surface area contributed by atoms with Crippen molar-refractivity contribution in [1.82, 2.24) is 0 Å². The molecule has 0 unspecified atom stereocenters.